The van der Waals surface area contributed by atoms with E-state index in [4.69, 9.17) is 0 Å². The quantitative estimate of drug-likeness (QED) is 0.643. The molecular weight excluding hydrogens is 212 g/mol. The summed E-state index contributed by atoms with van der Waals surface area (Å²) in [7, 11) is 0. The maximum Gasteiger partial charge on any atom is 0.163 e. The van der Waals surface area contributed by atoms with Gasteiger partial charge in [0.25, 0.3) is 0 Å². The Balaban J connectivity index is 2.22. The van der Waals surface area contributed by atoms with Crippen molar-refractivity contribution >= 4 is 11.6 Å². The maximum atomic E-state index is 12.5. The van der Waals surface area contributed by atoms with Crippen LogP contribution in [0.5, 0.6) is 0 Å². The van der Waals surface area contributed by atoms with Crippen LogP contribution in [0.1, 0.15) is 40.5 Å². The second kappa shape index (κ2) is 2.90. The van der Waals surface area contributed by atoms with E-state index in [9.17, 15) is 9.59 Å². The van der Waals surface area contributed by atoms with Gasteiger partial charge in [-0.1, -0.05) is 20.8 Å². The average molecular weight is 232 g/mol. The first-order valence-electron chi connectivity index (χ1n) is 6.62. The molecule has 0 spiro atoms. The summed E-state index contributed by atoms with van der Waals surface area (Å²) in [6, 6.07) is 0. The molecule has 0 amide bonds. The molecule has 2 nitrogen and oxygen atoms in total. The van der Waals surface area contributed by atoms with Gasteiger partial charge in [0.1, 0.15) is 0 Å². The summed E-state index contributed by atoms with van der Waals surface area (Å²) in [5.74, 6) is 1.19. The lowest BCUT2D eigenvalue weighted by atomic mass is 9.29. The summed E-state index contributed by atoms with van der Waals surface area (Å²) in [4.78, 5) is 24.9. The van der Waals surface area contributed by atoms with Gasteiger partial charge in [-0.25, -0.2) is 0 Å². The molecule has 0 aromatic rings. The maximum absolute atomic E-state index is 12.5. The van der Waals surface area contributed by atoms with Crippen molar-refractivity contribution in [3.8, 4) is 0 Å². The van der Waals surface area contributed by atoms with E-state index in [1.165, 1.54) is 0 Å². The van der Waals surface area contributed by atoms with E-state index in [2.05, 4.69) is 20.8 Å². The predicted molar refractivity (Wildman–Crippen MR) is 65.4 cm³/mol. The summed E-state index contributed by atoms with van der Waals surface area (Å²) in [6.45, 7) is 8.32. The van der Waals surface area contributed by atoms with Gasteiger partial charge in [0.15, 0.2) is 11.6 Å². The third-order valence-corrected chi connectivity index (χ3v) is 6.00. The molecule has 0 saturated heterocycles. The topological polar surface area (TPSA) is 34.1 Å². The molecule has 0 aromatic carbocycles. The molecule has 3 aliphatic rings. The molecule has 3 aliphatic carbocycles. The highest BCUT2D eigenvalue weighted by Crippen LogP contribution is 2.74. The molecule has 17 heavy (non-hydrogen) atoms. The first kappa shape index (κ1) is 11.2. The van der Waals surface area contributed by atoms with Crippen LogP contribution in [0, 0.1) is 28.6 Å². The molecule has 2 heteroatoms. The summed E-state index contributed by atoms with van der Waals surface area (Å²) in [5, 5.41) is 0. The number of ketones is 2. The van der Waals surface area contributed by atoms with Crippen LogP contribution in [0.4, 0.5) is 0 Å². The Bertz CT molecular complexity index is 458. The number of carbonyl (C=O) groups excluding carboxylic acids is 2. The Morgan fingerprint density at radius 2 is 1.88 bits per heavy atom. The van der Waals surface area contributed by atoms with Crippen LogP contribution < -0.4 is 0 Å². The number of hydrogen-bond donors (Lipinski definition) is 0. The minimum atomic E-state index is -0.382. The van der Waals surface area contributed by atoms with Gasteiger partial charge in [-0.05, 0) is 48.7 Å². The lowest BCUT2D eigenvalue weighted by molar-refractivity contribution is -0.234. The average Bonchev–Trinajstić information content (AvgIpc) is 2.24. The van der Waals surface area contributed by atoms with Crippen molar-refractivity contribution < 1.29 is 9.59 Å². The van der Waals surface area contributed by atoms with E-state index < -0.39 is 0 Å². The molecule has 2 bridgehead atoms. The Hall–Kier alpha value is -0.920. The lowest BCUT2D eigenvalue weighted by Gasteiger charge is -2.72. The number of Topliss-reactive ketones (excluding diaryl/α,β-unsaturated/α-hetero) is 1. The van der Waals surface area contributed by atoms with Crippen molar-refractivity contribution in [3.63, 3.8) is 0 Å². The first-order valence-corrected chi connectivity index (χ1v) is 6.62. The standard InChI is InChI=1S/C15H20O2/c1-8-7-11(16)15-9(2)5-6-10(14(15,3)4)12(15)13(8)17/h7,9-10,12H,5-6H2,1-4H3/t9-,10-,12+,15-/m1/s1. The van der Waals surface area contributed by atoms with Crippen molar-refractivity contribution in [2.24, 2.45) is 28.6 Å². The second-order valence-electron chi connectivity index (χ2n) is 6.71. The molecule has 0 N–H and O–H groups in total. The summed E-state index contributed by atoms with van der Waals surface area (Å²) < 4.78 is 0. The summed E-state index contributed by atoms with van der Waals surface area (Å²) >= 11 is 0. The SMILES string of the molecule is CC1=CC(=O)[C@]23[C@H](C)CC[C@H]([C@H]2C1=O)C3(C)C. The van der Waals surface area contributed by atoms with Gasteiger partial charge in [0, 0.05) is 5.92 Å². The normalized spacial score (nSPS) is 47.1. The highest BCUT2D eigenvalue weighted by molar-refractivity contribution is 6.14. The van der Waals surface area contributed by atoms with E-state index in [0.717, 1.165) is 12.8 Å². The zero-order valence-electron chi connectivity index (χ0n) is 11.0. The van der Waals surface area contributed by atoms with Gasteiger partial charge in [0.05, 0.1) is 5.41 Å². The first-order chi connectivity index (χ1) is 7.85. The van der Waals surface area contributed by atoms with Gasteiger partial charge in [0.2, 0.25) is 0 Å². The minimum absolute atomic E-state index is 0.000718. The Morgan fingerprint density at radius 3 is 2.47 bits per heavy atom. The van der Waals surface area contributed by atoms with Crippen molar-refractivity contribution in [3.05, 3.63) is 11.6 Å². The molecule has 2 saturated carbocycles. The van der Waals surface area contributed by atoms with Crippen molar-refractivity contribution in [2.75, 3.05) is 0 Å². The lowest BCUT2D eigenvalue weighted by Crippen LogP contribution is -2.74. The molecule has 2 fully saturated rings. The predicted octanol–water partition coefficient (Wildman–Crippen LogP) is 2.77. The molecule has 92 valence electrons. The van der Waals surface area contributed by atoms with Gasteiger partial charge in [-0.2, -0.15) is 0 Å². The van der Waals surface area contributed by atoms with E-state index in [1.54, 1.807) is 13.0 Å². The highest BCUT2D eigenvalue weighted by Gasteiger charge is 2.76. The van der Waals surface area contributed by atoms with Crippen molar-refractivity contribution in [2.45, 2.75) is 40.5 Å². The van der Waals surface area contributed by atoms with Crippen LogP contribution in [0.3, 0.4) is 0 Å². The largest absolute Gasteiger partial charge is 0.294 e. The molecule has 0 heterocycles. The molecular formula is C15H20O2. The van der Waals surface area contributed by atoms with E-state index in [0.29, 0.717) is 17.4 Å². The van der Waals surface area contributed by atoms with E-state index in [-0.39, 0.29) is 28.3 Å². The van der Waals surface area contributed by atoms with Gasteiger partial charge in [-0.3, -0.25) is 9.59 Å². The fraction of sp³-hybridized carbons (Fsp3) is 0.733. The summed E-state index contributed by atoms with van der Waals surface area (Å²) in [5.41, 5.74) is 0.288. The molecule has 0 unspecified atom stereocenters. The monoisotopic (exact) mass is 232 g/mol. The fourth-order valence-electron chi connectivity index (χ4n) is 5.21. The Morgan fingerprint density at radius 1 is 1.24 bits per heavy atom. The van der Waals surface area contributed by atoms with Crippen LogP contribution in [-0.2, 0) is 9.59 Å². The van der Waals surface area contributed by atoms with E-state index >= 15 is 0 Å². The molecule has 0 radical (unpaired) electrons. The van der Waals surface area contributed by atoms with Crippen molar-refractivity contribution in [1.29, 1.82) is 0 Å². The van der Waals surface area contributed by atoms with Crippen LogP contribution in [0.2, 0.25) is 0 Å². The third-order valence-electron chi connectivity index (χ3n) is 6.00. The van der Waals surface area contributed by atoms with Crippen LogP contribution in [0.25, 0.3) is 0 Å². The van der Waals surface area contributed by atoms with Crippen LogP contribution >= 0.6 is 0 Å². The zero-order valence-corrected chi connectivity index (χ0v) is 11.0. The van der Waals surface area contributed by atoms with Crippen LogP contribution in [-0.4, -0.2) is 11.6 Å². The third kappa shape index (κ3) is 0.916. The highest BCUT2D eigenvalue weighted by atomic mass is 16.1. The molecule has 0 aromatic heterocycles. The number of hydrogen-bond acceptors (Lipinski definition) is 2. The molecule has 3 rings (SSSR count). The van der Waals surface area contributed by atoms with Gasteiger partial charge < -0.3 is 0 Å². The Kier molecular flexibility index (Phi) is 1.91. The van der Waals surface area contributed by atoms with E-state index in [1.807, 2.05) is 0 Å². The number of carbonyl (C=O) groups is 2. The van der Waals surface area contributed by atoms with Crippen LogP contribution in [0.15, 0.2) is 11.6 Å². The van der Waals surface area contributed by atoms with Gasteiger partial charge in [-0.15, -0.1) is 0 Å². The molecule has 0 aliphatic heterocycles. The zero-order chi connectivity index (χ0) is 12.6. The number of rotatable bonds is 0. The fourth-order valence-corrected chi connectivity index (χ4v) is 5.21. The smallest absolute Gasteiger partial charge is 0.163 e. The minimum Gasteiger partial charge on any atom is -0.294 e. The molecule has 4 atom stereocenters. The summed E-state index contributed by atoms with van der Waals surface area (Å²) in [6.07, 6.45) is 3.81. The van der Waals surface area contributed by atoms with Crippen molar-refractivity contribution in [1.82, 2.24) is 0 Å². The Labute approximate surface area is 102 Å². The number of allylic oxidation sites excluding steroid dienone is 2. The van der Waals surface area contributed by atoms with Gasteiger partial charge >= 0.3 is 0 Å². The second-order valence-corrected chi connectivity index (χ2v) is 6.71.